The zero-order valence-electron chi connectivity index (χ0n) is 14.1. The van der Waals surface area contributed by atoms with Crippen LogP contribution in [0.2, 0.25) is 0 Å². The quantitative estimate of drug-likeness (QED) is 0.766. The summed E-state index contributed by atoms with van der Waals surface area (Å²) in [4.78, 5) is 20.7. The van der Waals surface area contributed by atoms with Crippen LogP contribution in [0.3, 0.4) is 0 Å². The largest absolute Gasteiger partial charge is 0.481 e. The minimum atomic E-state index is -0.680. The summed E-state index contributed by atoms with van der Waals surface area (Å²) in [5, 5.41) is 11.6. The van der Waals surface area contributed by atoms with E-state index in [1.165, 1.54) is 0 Å². The van der Waals surface area contributed by atoms with Crippen molar-refractivity contribution in [2.24, 2.45) is 0 Å². The maximum Gasteiger partial charge on any atom is 0.265 e. The van der Waals surface area contributed by atoms with Gasteiger partial charge in [0.2, 0.25) is 0 Å². The van der Waals surface area contributed by atoms with E-state index in [2.05, 4.69) is 15.3 Å². The van der Waals surface area contributed by atoms with Gasteiger partial charge >= 0.3 is 0 Å². The van der Waals surface area contributed by atoms with Gasteiger partial charge in [-0.2, -0.15) is 5.26 Å². The van der Waals surface area contributed by atoms with Crippen molar-refractivity contribution in [1.29, 1.82) is 5.26 Å². The number of anilines is 1. The second kappa shape index (κ2) is 7.90. The first kappa shape index (κ1) is 17.1. The van der Waals surface area contributed by atoms with E-state index in [0.717, 1.165) is 5.56 Å². The van der Waals surface area contributed by atoms with Crippen molar-refractivity contribution in [1.82, 2.24) is 9.97 Å². The number of carbonyl (C=O) groups is 1. The molecule has 1 aromatic heterocycles. The first-order chi connectivity index (χ1) is 12.7. The van der Waals surface area contributed by atoms with Crippen LogP contribution in [0.4, 0.5) is 5.69 Å². The van der Waals surface area contributed by atoms with E-state index in [0.29, 0.717) is 22.8 Å². The highest BCUT2D eigenvalue weighted by molar-refractivity contribution is 5.94. The van der Waals surface area contributed by atoms with Gasteiger partial charge in [-0.3, -0.25) is 4.79 Å². The van der Waals surface area contributed by atoms with E-state index in [1.54, 1.807) is 61.8 Å². The lowest BCUT2D eigenvalue weighted by Crippen LogP contribution is -2.30. The lowest BCUT2D eigenvalue weighted by atomic mass is 10.2. The van der Waals surface area contributed by atoms with Crippen molar-refractivity contribution in [3.8, 4) is 23.2 Å². The summed E-state index contributed by atoms with van der Waals surface area (Å²) in [6, 6.07) is 17.7. The third kappa shape index (κ3) is 4.22. The van der Waals surface area contributed by atoms with Crippen molar-refractivity contribution in [3.63, 3.8) is 0 Å². The average molecular weight is 344 g/mol. The summed E-state index contributed by atoms with van der Waals surface area (Å²) < 4.78 is 5.60. The van der Waals surface area contributed by atoms with E-state index in [1.807, 2.05) is 18.2 Å². The SMILES string of the molecule is CC(Oc1ccc(C#N)cc1)C(=O)Nc1ccc(-c2ncccn2)cc1. The highest BCUT2D eigenvalue weighted by Gasteiger charge is 2.15. The van der Waals surface area contributed by atoms with E-state index >= 15 is 0 Å². The van der Waals surface area contributed by atoms with Gasteiger partial charge in [-0.15, -0.1) is 0 Å². The molecule has 0 saturated carbocycles. The van der Waals surface area contributed by atoms with Gasteiger partial charge in [0.25, 0.3) is 5.91 Å². The van der Waals surface area contributed by atoms with Crippen molar-refractivity contribution in [2.45, 2.75) is 13.0 Å². The molecule has 1 amide bonds. The topological polar surface area (TPSA) is 87.9 Å². The van der Waals surface area contributed by atoms with Crippen molar-refractivity contribution in [2.75, 3.05) is 5.32 Å². The van der Waals surface area contributed by atoms with Gasteiger partial charge in [0.1, 0.15) is 5.75 Å². The predicted octanol–water partition coefficient (Wildman–Crippen LogP) is 3.42. The Hall–Kier alpha value is -3.72. The Bertz CT molecular complexity index is 917. The molecule has 0 aliphatic heterocycles. The van der Waals surface area contributed by atoms with Gasteiger partial charge in [0.15, 0.2) is 11.9 Å². The molecule has 0 spiro atoms. The molecule has 0 saturated heterocycles. The lowest BCUT2D eigenvalue weighted by molar-refractivity contribution is -0.122. The van der Waals surface area contributed by atoms with Crippen molar-refractivity contribution in [3.05, 3.63) is 72.6 Å². The number of ether oxygens (including phenoxy) is 1. The smallest absolute Gasteiger partial charge is 0.265 e. The fourth-order valence-electron chi connectivity index (χ4n) is 2.26. The molecule has 0 aliphatic carbocycles. The Morgan fingerprint density at radius 1 is 1.08 bits per heavy atom. The molecule has 26 heavy (non-hydrogen) atoms. The van der Waals surface area contributed by atoms with Crippen LogP contribution < -0.4 is 10.1 Å². The Morgan fingerprint density at radius 3 is 2.35 bits per heavy atom. The molecule has 3 rings (SSSR count). The normalized spacial score (nSPS) is 11.2. The van der Waals surface area contributed by atoms with Gasteiger partial charge in [-0.1, -0.05) is 0 Å². The Balaban J connectivity index is 1.61. The van der Waals surface area contributed by atoms with E-state index in [-0.39, 0.29) is 5.91 Å². The highest BCUT2D eigenvalue weighted by atomic mass is 16.5. The first-order valence-corrected chi connectivity index (χ1v) is 8.01. The molecule has 6 nitrogen and oxygen atoms in total. The van der Waals surface area contributed by atoms with Crippen LogP contribution in [0.1, 0.15) is 12.5 Å². The average Bonchev–Trinajstić information content (AvgIpc) is 2.70. The number of carbonyl (C=O) groups excluding carboxylic acids is 1. The van der Waals surface area contributed by atoms with Gasteiger partial charge < -0.3 is 10.1 Å². The van der Waals surface area contributed by atoms with Crippen LogP contribution in [-0.2, 0) is 4.79 Å². The summed E-state index contributed by atoms with van der Waals surface area (Å²) in [7, 11) is 0. The first-order valence-electron chi connectivity index (χ1n) is 8.01. The van der Waals surface area contributed by atoms with E-state index in [4.69, 9.17) is 10.00 Å². The van der Waals surface area contributed by atoms with Crippen LogP contribution in [0.5, 0.6) is 5.75 Å². The molecule has 0 bridgehead atoms. The standard InChI is InChI=1S/C20H16N4O2/c1-14(26-18-9-3-15(13-21)4-10-18)20(25)24-17-7-5-16(6-8-17)19-22-11-2-12-23-19/h2-12,14H,1H3,(H,24,25). The molecule has 1 N–H and O–H groups in total. The molecule has 0 aliphatic rings. The van der Waals surface area contributed by atoms with Crippen LogP contribution in [-0.4, -0.2) is 22.0 Å². The minimum Gasteiger partial charge on any atom is -0.481 e. The Labute approximate surface area is 151 Å². The zero-order chi connectivity index (χ0) is 18.4. The fourth-order valence-corrected chi connectivity index (χ4v) is 2.26. The monoisotopic (exact) mass is 344 g/mol. The molecule has 2 aromatic carbocycles. The molecule has 6 heteroatoms. The highest BCUT2D eigenvalue weighted by Crippen LogP contribution is 2.18. The molecular weight excluding hydrogens is 328 g/mol. The molecule has 128 valence electrons. The molecule has 3 aromatic rings. The van der Waals surface area contributed by atoms with Crippen LogP contribution >= 0.6 is 0 Å². The number of hydrogen-bond donors (Lipinski definition) is 1. The number of nitrogens with zero attached hydrogens (tertiary/aromatic N) is 3. The van der Waals surface area contributed by atoms with E-state index in [9.17, 15) is 4.79 Å². The number of rotatable bonds is 5. The number of benzene rings is 2. The zero-order valence-corrected chi connectivity index (χ0v) is 14.1. The minimum absolute atomic E-state index is 0.266. The predicted molar refractivity (Wildman–Crippen MR) is 97.3 cm³/mol. The van der Waals surface area contributed by atoms with Gasteiger partial charge in [-0.05, 0) is 61.5 Å². The fraction of sp³-hybridized carbons (Fsp3) is 0.100. The number of nitriles is 1. The summed E-state index contributed by atoms with van der Waals surface area (Å²) in [6.45, 7) is 1.67. The van der Waals surface area contributed by atoms with Crippen molar-refractivity contribution >= 4 is 11.6 Å². The molecular formula is C20H16N4O2. The van der Waals surface area contributed by atoms with Crippen LogP contribution in [0.15, 0.2) is 67.0 Å². The molecule has 0 fully saturated rings. The second-order valence-electron chi connectivity index (χ2n) is 5.54. The summed E-state index contributed by atoms with van der Waals surface area (Å²) >= 11 is 0. The third-order valence-electron chi connectivity index (χ3n) is 3.64. The van der Waals surface area contributed by atoms with Crippen molar-refractivity contribution < 1.29 is 9.53 Å². The van der Waals surface area contributed by atoms with Gasteiger partial charge in [-0.25, -0.2) is 9.97 Å². The number of hydrogen-bond acceptors (Lipinski definition) is 5. The van der Waals surface area contributed by atoms with Crippen LogP contribution in [0.25, 0.3) is 11.4 Å². The maximum absolute atomic E-state index is 12.3. The van der Waals surface area contributed by atoms with Gasteiger partial charge in [0.05, 0.1) is 11.6 Å². The third-order valence-corrected chi connectivity index (χ3v) is 3.64. The number of nitrogens with one attached hydrogen (secondary N) is 1. The second-order valence-corrected chi connectivity index (χ2v) is 5.54. The molecule has 1 heterocycles. The molecule has 0 radical (unpaired) electrons. The van der Waals surface area contributed by atoms with Gasteiger partial charge in [0, 0.05) is 23.6 Å². The maximum atomic E-state index is 12.3. The summed E-state index contributed by atoms with van der Waals surface area (Å²) in [5.41, 5.74) is 2.06. The Morgan fingerprint density at radius 2 is 1.73 bits per heavy atom. The number of aromatic nitrogens is 2. The molecule has 1 unspecified atom stereocenters. The molecule has 1 atom stereocenters. The van der Waals surface area contributed by atoms with Crippen LogP contribution in [0, 0.1) is 11.3 Å². The summed E-state index contributed by atoms with van der Waals surface area (Å²) in [6.07, 6.45) is 2.68. The summed E-state index contributed by atoms with van der Waals surface area (Å²) in [5.74, 6) is 0.893. The number of amides is 1. The lowest BCUT2D eigenvalue weighted by Gasteiger charge is -2.15. The Kier molecular flexibility index (Phi) is 5.20. The van der Waals surface area contributed by atoms with E-state index < -0.39 is 6.10 Å².